The summed E-state index contributed by atoms with van der Waals surface area (Å²) in [6.07, 6.45) is 1.53. The second kappa shape index (κ2) is 8.81. The number of carbonyl (C=O) groups excluding carboxylic acids is 1. The Labute approximate surface area is 171 Å². The van der Waals surface area contributed by atoms with E-state index in [-0.39, 0.29) is 4.90 Å². The average Bonchev–Trinajstić information content (AvgIpc) is 2.70. The molecule has 0 saturated heterocycles. The monoisotopic (exact) mass is 457 g/mol. The number of hydrogen-bond acceptors (Lipinski definition) is 4. The fourth-order valence-electron chi connectivity index (χ4n) is 2.31. The van der Waals surface area contributed by atoms with E-state index in [0.29, 0.717) is 11.3 Å². The molecule has 0 atom stereocenters. The Morgan fingerprint density at radius 3 is 2.21 bits per heavy atom. The summed E-state index contributed by atoms with van der Waals surface area (Å²) in [5.74, 6) is -0.402. The van der Waals surface area contributed by atoms with Gasteiger partial charge in [0.1, 0.15) is 0 Å². The average molecular weight is 458 g/mol. The first kappa shape index (κ1) is 19.8. The van der Waals surface area contributed by atoms with Crippen molar-refractivity contribution in [3.05, 3.63) is 94.5 Å². The molecule has 0 aliphatic rings. The Balaban J connectivity index is 1.64. The van der Waals surface area contributed by atoms with Gasteiger partial charge in [0.05, 0.1) is 11.1 Å². The highest BCUT2D eigenvalue weighted by Gasteiger charge is 2.13. The summed E-state index contributed by atoms with van der Waals surface area (Å²) in [4.78, 5) is 12.3. The molecule has 0 saturated carbocycles. The van der Waals surface area contributed by atoms with Gasteiger partial charge in [-0.3, -0.25) is 9.52 Å². The van der Waals surface area contributed by atoms with Crippen LogP contribution in [0.1, 0.15) is 15.9 Å². The van der Waals surface area contributed by atoms with Crippen LogP contribution in [-0.2, 0) is 10.0 Å². The van der Waals surface area contributed by atoms with Gasteiger partial charge in [0, 0.05) is 21.3 Å². The molecule has 0 heterocycles. The molecule has 0 radical (unpaired) electrons. The van der Waals surface area contributed by atoms with Crippen molar-refractivity contribution in [1.29, 1.82) is 0 Å². The second-order valence-electron chi connectivity index (χ2n) is 5.72. The fraction of sp³-hybridized carbons (Fsp3) is 0. The molecule has 0 spiro atoms. The lowest BCUT2D eigenvalue weighted by Gasteiger charge is -2.08. The van der Waals surface area contributed by atoms with Crippen LogP contribution >= 0.6 is 15.9 Å². The van der Waals surface area contributed by atoms with Gasteiger partial charge in [-0.2, -0.15) is 5.10 Å². The summed E-state index contributed by atoms with van der Waals surface area (Å²) in [6.45, 7) is 0. The second-order valence-corrected chi connectivity index (χ2v) is 8.25. The van der Waals surface area contributed by atoms with Gasteiger partial charge in [-0.15, -0.1) is 0 Å². The summed E-state index contributed by atoms with van der Waals surface area (Å²) >= 11 is 3.40. The number of hydrazone groups is 1. The van der Waals surface area contributed by atoms with E-state index >= 15 is 0 Å². The van der Waals surface area contributed by atoms with E-state index < -0.39 is 15.9 Å². The Kier molecular flexibility index (Phi) is 6.23. The zero-order valence-corrected chi connectivity index (χ0v) is 16.9. The van der Waals surface area contributed by atoms with Gasteiger partial charge in [-0.05, 0) is 42.5 Å². The van der Waals surface area contributed by atoms with Crippen LogP contribution in [0.25, 0.3) is 0 Å². The maximum absolute atomic E-state index is 12.3. The third-order valence-electron chi connectivity index (χ3n) is 3.73. The summed E-state index contributed by atoms with van der Waals surface area (Å²) < 4.78 is 28.0. The minimum Gasteiger partial charge on any atom is -0.280 e. The molecule has 3 aromatic rings. The van der Waals surface area contributed by atoms with E-state index in [0.717, 1.165) is 10.0 Å². The zero-order valence-electron chi connectivity index (χ0n) is 14.5. The zero-order chi connectivity index (χ0) is 20.0. The molecular formula is C20H16BrN3O3S. The molecule has 0 unspecified atom stereocenters. The summed E-state index contributed by atoms with van der Waals surface area (Å²) in [5, 5.41) is 3.93. The number of amides is 1. The molecular weight excluding hydrogens is 442 g/mol. The van der Waals surface area contributed by atoms with Crippen LogP contribution in [0.5, 0.6) is 0 Å². The van der Waals surface area contributed by atoms with Crippen LogP contribution in [0, 0.1) is 0 Å². The molecule has 1 amide bonds. The van der Waals surface area contributed by atoms with E-state index in [1.54, 1.807) is 18.2 Å². The molecule has 0 fully saturated rings. The van der Waals surface area contributed by atoms with Crippen LogP contribution in [-0.4, -0.2) is 20.5 Å². The lowest BCUT2D eigenvalue weighted by atomic mass is 10.2. The maximum atomic E-state index is 12.3. The van der Waals surface area contributed by atoms with Crippen LogP contribution in [0.3, 0.4) is 0 Å². The van der Waals surface area contributed by atoms with E-state index in [4.69, 9.17) is 0 Å². The third-order valence-corrected chi connectivity index (χ3v) is 5.85. The molecule has 0 aliphatic heterocycles. The number of anilines is 1. The lowest BCUT2D eigenvalue weighted by Crippen LogP contribution is -2.18. The van der Waals surface area contributed by atoms with Crippen molar-refractivity contribution in [2.45, 2.75) is 4.90 Å². The van der Waals surface area contributed by atoms with Crippen molar-refractivity contribution < 1.29 is 13.2 Å². The van der Waals surface area contributed by atoms with E-state index in [1.165, 1.54) is 42.6 Å². The Bertz CT molecular complexity index is 1100. The normalized spacial score (nSPS) is 11.3. The van der Waals surface area contributed by atoms with E-state index in [9.17, 15) is 13.2 Å². The van der Waals surface area contributed by atoms with Gasteiger partial charge in [0.15, 0.2) is 0 Å². The summed E-state index contributed by atoms with van der Waals surface area (Å²) in [7, 11) is -3.67. The van der Waals surface area contributed by atoms with Gasteiger partial charge in [-0.25, -0.2) is 13.8 Å². The molecule has 6 nitrogen and oxygen atoms in total. The van der Waals surface area contributed by atoms with Crippen molar-refractivity contribution in [3.8, 4) is 0 Å². The first-order valence-electron chi connectivity index (χ1n) is 8.21. The minimum atomic E-state index is -3.67. The van der Waals surface area contributed by atoms with Crippen molar-refractivity contribution in [2.75, 3.05) is 4.72 Å². The number of carbonyl (C=O) groups is 1. The molecule has 2 N–H and O–H groups in total. The first-order valence-corrected chi connectivity index (χ1v) is 10.5. The number of hydrogen-bond donors (Lipinski definition) is 2. The number of benzene rings is 3. The fourth-order valence-corrected chi connectivity index (χ4v) is 3.77. The molecule has 0 bridgehead atoms. The van der Waals surface area contributed by atoms with Gasteiger partial charge in [-0.1, -0.05) is 52.3 Å². The van der Waals surface area contributed by atoms with E-state index in [2.05, 4.69) is 31.2 Å². The van der Waals surface area contributed by atoms with Crippen LogP contribution in [0.4, 0.5) is 5.69 Å². The van der Waals surface area contributed by atoms with Crippen LogP contribution in [0.15, 0.2) is 93.3 Å². The van der Waals surface area contributed by atoms with Gasteiger partial charge in [0.2, 0.25) is 0 Å². The molecule has 142 valence electrons. The third kappa shape index (κ3) is 5.05. The SMILES string of the molecule is O=C(N/N=C\c1ccccc1Br)c1ccc(NS(=O)(=O)c2ccccc2)cc1. The topological polar surface area (TPSA) is 87.6 Å². The molecule has 8 heteroatoms. The summed E-state index contributed by atoms with van der Waals surface area (Å²) in [5.41, 5.74) is 3.98. The number of nitrogens with zero attached hydrogens (tertiary/aromatic N) is 1. The molecule has 3 aromatic carbocycles. The quantitative estimate of drug-likeness (QED) is 0.432. The Morgan fingerprint density at radius 1 is 0.893 bits per heavy atom. The highest BCUT2D eigenvalue weighted by Crippen LogP contribution is 2.16. The Hall–Kier alpha value is -2.97. The van der Waals surface area contributed by atoms with Crippen molar-refractivity contribution >= 4 is 43.8 Å². The van der Waals surface area contributed by atoms with Crippen molar-refractivity contribution in [1.82, 2.24) is 5.43 Å². The lowest BCUT2D eigenvalue weighted by molar-refractivity contribution is 0.0955. The number of nitrogens with one attached hydrogen (secondary N) is 2. The molecule has 0 aromatic heterocycles. The van der Waals surface area contributed by atoms with Crippen molar-refractivity contribution in [2.24, 2.45) is 5.10 Å². The maximum Gasteiger partial charge on any atom is 0.271 e. The largest absolute Gasteiger partial charge is 0.280 e. The predicted octanol–water partition coefficient (Wildman–Crippen LogP) is 4.01. The van der Waals surface area contributed by atoms with E-state index in [1.807, 2.05) is 24.3 Å². The van der Waals surface area contributed by atoms with Crippen LogP contribution in [0.2, 0.25) is 0 Å². The standard InChI is InChI=1S/C20H16BrN3O3S/c21-19-9-5-4-6-16(19)14-22-23-20(25)15-10-12-17(13-11-15)24-28(26,27)18-7-2-1-3-8-18/h1-14,24H,(H,23,25)/b22-14-. The summed E-state index contributed by atoms with van der Waals surface area (Å²) in [6, 6.07) is 21.6. The Morgan fingerprint density at radius 2 is 1.54 bits per heavy atom. The van der Waals surface area contributed by atoms with Crippen LogP contribution < -0.4 is 10.1 Å². The molecule has 3 rings (SSSR count). The highest BCUT2D eigenvalue weighted by molar-refractivity contribution is 9.10. The number of halogens is 1. The van der Waals surface area contributed by atoms with Gasteiger partial charge in [0.25, 0.3) is 15.9 Å². The number of rotatable bonds is 6. The predicted molar refractivity (Wildman–Crippen MR) is 113 cm³/mol. The van der Waals surface area contributed by atoms with Crippen molar-refractivity contribution in [3.63, 3.8) is 0 Å². The molecule has 28 heavy (non-hydrogen) atoms. The van der Waals surface area contributed by atoms with Gasteiger partial charge >= 0.3 is 0 Å². The smallest absolute Gasteiger partial charge is 0.271 e. The molecule has 0 aliphatic carbocycles. The number of sulfonamides is 1. The minimum absolute atomic E-state index is 0.165. The van der Waals surface area contributed by atoms with Gasteiger partial charge < -0.3 is 0 Å². The highest BCUT2D eigenvalue weighted by atomic mass is 79.9. The first-order chi connectivity index (χ1) is 13.5.